The van der Waals surface area contributed by atoms with Crippen molar-refractivity contribution < 1.29 is 4.74 Å². The van der Waals surface area contributed by atoms with Gasteiger partial charge in [-0.3, -0.25) is 5.10 Å². The van der Waals surface area contributed by atoms with E-state index in [4.69, 9.17) is 5.73 Å². The smallest absolute Gasteiger partial charge is 0.335 e. The van der Waals surface area contributed by atoms with Crippen molar-refractivity contribution in [1.29, 1.82) is 0 Å². The molecule has 0 atom stereocenters. The third kappa shape index (κ3) is 1.17. The number of nitrogens with one attached hydrogen (secondary N) is 1. The molecular formula is C4H8N4O. The van der Waals surface area contributed by atoms with Crippen LogP contribution in [0.15, 0.2) is 0 Å². The number of rotatable bonds is 2. The second kappa shape index (κ2) is 2.45. The van der Waals surface area contributed by atoms with Gasteiger partial charge in [-0.15, -0.1) is 5.10 Å². The van der Waals surface area contributed by atoms with E-state index in [1.54, 1.807) is 0 Å². The summed E-state index contributed by atoms with van der Waals surface area (Å²) in [4.78, 5) is 3.83. The Morgan fingerprint density at radius 1 is 1.78 bits per heavy atom. The fourth-order valence-electron chi connectivity index (χ4n) is 0.460. The van der Waals surface area contributed by atoms with E-state index >= 15 is 0 Å². The minimum Gasteiger partial charge on any atom is -0.466 e. The summed E-state index contributed by atoms with van der Waals surface area (Å²) in [6.45, 7) is 0.357. The maximum atomic E-state index is 5.23. The fraction of sp³-hybridized carbons (Fsp3) is 0.500. The molecule has 9 heavy (non-hydrogen) atoms. The molecule has 0 aromatic carbocycles. The molecule has 1 rings (SSSR count). The number of aromatic nitrogens is 3. The molecule has 0 fully saturated rings. The van der Waals surface area contributed by atoms with Crippen LogP contribution in [0.1, 0.15) is 5.82 Å². The highest BCUT2D eigenvalue weighted by atomic mass is 16.5. The molecule has 0 saturated heterocycles. The topological polar surface area (TPSA) is 76.8 Å². The molecule has 0 saturated carbocycles. The van der Waals surface area contributed by atoms with Gasteiger partial charge in [-0.25, -0.2) is 0 Å². The van der Waals surface area contributed by atoms with Crippen LogP contribution in [0.5, 0.6) is 6.01 Å². The third-order valence-electron chi connectivity index (χ3n) is 0.887. The van der Waals surface area contributed by atoms with E-state index in [0.717, 1.165) is 0 Å². The number of hydrogen-bond acceptors (Lipinski definition) is 4. The predicted octanol–water partition coefficient (Wildman–Crippen LogP) is -0.728. The van der Waals surface area contributed by atoms with Gasteiger partial charge in [-0.2, -0.15) is 4.98 Å². The summed E-state index contributed by atoms with van der Waals surface area (Å²) in [6.07, 6.45) is 0. The molecule has 0 aliphatic heterocycles. The molecule has 0 aliphatic rings. The normalized spacial score (nSPS) is 9.56. The molecule has 0 bridgehead atoms. The summed E-state index contributed by atoms with van der Waals surface area (Å²) >= 11 is 0. The molecular weight excluding hydrogens is 120 g/mol. The van der Waals surface area contributed by atoms with Gasteiger partial charge in [0.2, 0.25) is 0 Å². The van der Waals surface area contributed by atoms with Crippen molar-refractivity contribution in [1.82, 2.24) is 15.2 Å². The quantitative estimate of drug-likeness (QED) is 0.550. The van der Waals surface area contributed by atoms with Crippen LogP contribution >= 0.6 is 0 Å². The van der Waals surface area contributed by atoms with Crippen molar-refractivity contribution in [2.45, 2.75) is 6.54 Å². The first kappa shape index (κ1) is 6.03. The van der Waals surface area contributed by atoms with E-state index in [1.807, 2.05) is 0 Å². The highest BCUT2D eigenvalue weighted by Crippen LogP contribution is 1.97. The fourth-order valence-corrected chi connectivity index (χ4v) is 0.460. The van der Waals surface area contributed by atoms with Gasteiger partial charge in [0.05, 0.1) is 13.7 Å². The Hall–Kier alpha value is -1.10. The lowest BCUT2D eigenvalue weighted by Crippen LogP contribution is -1.97. The van der Waals surface area contributed by atoms with Crippen LogP contribution in [0.4, 0.5) is 0 Å². The monoisotopic (exact) mass is 128 g/mol. The molecule has 0 aliphatic carbocycles. The summed E-state index contributed by atoms with van der Waals surface area (Å²) in [5, 5.41) is 6.26. The second-order valence-corrected chi connectivity index (χ2v) is 1.47. The number of aromatic amines is 1. The molecule has 0 unspecified atom stereocenters. The minimum atomic E-state index is 0.329. The SMILES string of the molecule is COc1n[nH]c(CN)n1. The Balaban J connectivity index is 2.74. The molecule has 0 amide bonds. The van der Waals surface area contributed by atoms with Crippen LogP contribution in [0.3, 0.4) is 0 Å². The zero-order valence-electron chi connectivity index (χ0n) is 5.09. The molecule has 0 spiro atoms. The maximum Gasteiger partial charge on any atom is 0.335 e. The van der Waals surface area contributed by atoms with E-state index in [9.17, 15) is 0 Å². The zero-order chi connectivity index (χ0) is 6.69. The van der Waals surface area contributed by atoms with Crippen LogP contribution in [0.2, 0.25) is 0 Å². The lowest BCUT2D eigenvalue weighted by Gasteiger charge is -1.84. The van der Waals surface area contributed by atoms with Crippen LogP contribution in [0, 0.1) is 0 Å². The molecule has 3 N–H and O–H groups in total. The van der Waals surface area contributed by atoms with Gasteiger partial charge in [0.25, 0.3) is 0 Å². The minimum absolute atomic E-state index is 0.329. The van der Waals surface area contributed by atoms with Gasteiger partial charge in [0.1, 0.15) is 5.82 Å². The Morgan fingerprint density at radius 2 is 2.56 bits per heavy atom. The van der Waals surface area contributed by atoms with Gasteiger partial charge in [0.15, 0.2) is 0 Å². The maximum absolute atomic E-state index is 5.23. The molecule has 50 valence electrons. The van der Waals surface area contributed by atoms with E-state index in [0.29, 0.717) is 18.4 Å². The van der Waals surface area contributed by atoms with Gasteiger partial charge >= 0.3 is 6.01 Å². The van der Waals surface area contributed by atoms with Crippen molar-refractivity contribution in [3.63, 3.8) is 0 Å². The van der Waals surface area contributed by atoms with Crippen LogP contribution in [-0.4, -0.2) is 22.3 Å². The van der Waals surface area contributed by atoms with Crippen molar-refractivity contribution in [3.05, 3.63) is 5.82 Å². The highest BCUT2D eigenvalue weighted by molar-refractivity contribution is 4.93. The Bertz CT molecular complexity index is 166. The first-order chi connectivity index (χ1) is 4.36. The van der Waals surface area contributed by atoms with E-state index in [-0.39, 0.29) is 0 Å². The van der Waals surface area contributed by atoms with Crippen molar-refractivity contribution in [2.75, 3.05) is 7.11 Å². The number of methoxy groups -OCH3 is 1. The van der Waals surface area contributed by atoms with Crippen molar-refractivity contribution in [3.8, 4) is 6.01 Å². The lowest BCUT2D eigenvalue weighted by atomic mass is 10.6. The summed E-state index contributed by atoms with van der Waals surface area (Å²) in [5.74, 6) is 0.631. The van der Waals surface area contributed by atoms with E-state index < -0.39 is 0 Å². The number of nitrogens with zero attached hydrogens (tertiary/aromatic N) is 2. The highest BCUT2D eigenvalue weighted by Gasteiger charge is 1.97. The number of hydrogen-bond donors (Lipinski definition) is 2. The average molecular weight is 128 g/mol. The largest absolute Gasteiger partial charge is 0.466 e. The zero-order valence-corrected chi connectivity index (χ0v) is 5.09. The summed E-state index contributed by atoms with van der Waals surface area (Å²) in [6, 6.07) is 0.329. The number of H-pyrrole nitrogens is 1. The van der Waals surface area contributed by atoms with E-state index in [1.165, 1.54) is 7.11 Å². The molecule has 0 radical (unpaired) electrons. The van der Waals surface area contributed by atoms with Crippen molar-refractivity contribution in [2.24, 2.45) is 5.73 Å². The standard InChI is InChI=1S/C4H8N4O/c1-9-4-6-3(2-5)7-8-4/h2,5H2,1H3,(H,6,7,8). The molecule has 1 heterocycles. The van der Waals surface area contributed by atoms with Crippen LogP contribution in [-0.2, 0) is 6.54 Å². The summed E-state index contributed by atoms with van der Waals surface area (Å²) in [5.41, 5.74) is 5.23. The van der Waals surface area contributed by atoms with Crippen LogP contribution in [0.25, 0.3) is 0 Å². The Morgan fingerprint density at radius 3 is 2.89 bits per heavy atom. The molecule has 1 aromatic rings. The molecule has 5 heteroatoms. The van der Waals surface area contributed by atoms with Gasteiger partial charge in [-0.1, -0.05) is 0 Å². The third-order valence-corrected chi connectivity index (χ3v) is 0.887. The first-order valence-electron chi connectivity index (χ1n) is 2.52. The average Bonchev–Trinajstić information content (AvgIpc) is 2.34. The van der Waals surface area contributed by atoms with Crippen molar-refractivity contribution >= 4 is 0 Å². The summed E-state index contributed by atoms with van der Waals surface area (Å²) in [7, 11) is 1.50. The van der Waals surface area contributed by atoms with Gasteiger partial charge in [-0.05, 0) is 0 Å². The molecule has 5 nitrogen and oxygen atoms in total. The Labute approximate surface area is 52.2 Å². The number of ether oxygens (including phenoxy) is 1. The summed E-state index contributed by atoms with van der Waals surface area (Å²) < 4.78 is 4.69. The van der Waals surface area contributed by atoms with E-state index in [2.05, 4.69) is 19.9 Å². The first-order valence-corrected chi connectivity index (χ1v) is 2.52. The number of nitrogens with two attached hydrogens (primary N) is 1. The predicted molar refractivity (Wildman–Crippen MR) is 30.8 cm³/mol. The van der Waals surface area contributed by atoms with Gasteiger partial charge < -0.3 is 10.5 Å². The molecule has 1 aromatic heterocycles. The van der Waals surface area contributed by atoms with Gasteiger partial charge in [0, 0.05) is 0 Å². The Kier molecular flexibility index (Phi) is 1.64. The van der Waals surface area contributed by atoms with Crippen LogP contribution < -0.4 is 10.5 Å². The lowest BCUT2D eigenvalue weighted by molar-refractivity contribution is 0.381. The second-order valence-electron chi connectivity index (χ2n) is 1.47.